The van der Waals surface area contributed by atoms with Crippen LogP contribution in [0.5, 0.6) is 0 Å². The van der Waals surface area contributed by atoms with E-state index < -0.39 is 0 Å². The van der Waals surface area contributed by atoms with E-state index in [1.807, 2.05) is 32.2 Å². The summed E-state index contributed by atoms with van der Waals surface area (Å²) in [6, 6.07) is 5.95. The zero-order valence-corrected chi connectivity index (χ0v) is 11.3. The monoisotopic (exact) mass is 261 g/mol. The highest BCUT2D eigenvalue weighted by atomic mass is 16.3. The molecular weight excluding hydrogens is 242 g/mol. The average molecular weight is 261 g/mol. The number of aromatic nitrogens is 1. The summed E-state index contributed by atoms with van der Waals surface area (Å²) in [6.07, 6.45) is 1.30. The summed E-state index contributed by atoms with van der Waals surface area (Å²) in [7, 11) is 1.84. The Bertz CT molecular complexity index is 563. The highest BCUT2D eigenvalue weighted by Gasteiger charge is 2.04. The van der Waals surface area contributed by atoms with Gasteiger partial charge in [0.2, 0.25) is 5.91 Å². The third-order valence-electron chi connectivity index (χ3n) is 2.90. The predicted octanol–water partition coefficient (Wildman–Crippen LogP) is 1.40. The lowest BCUT2D eigenvalue weighted by Gasteiger charge is -2.05. The van der Waals surface area contributed by atoms with Gasteiger partial charge in [0.15, 0.2) is 11.5 Å². The first-order valence-electron chi connectivity index (χ1n) is 6.46. The van der Waals surface area contributed by atoms with Gasteiger partial charge in [0.1, 0.15) is 5.52 Å². The van der Waals surface area contributed by atoms with Crippen LogP contribution >= 0.6 is 0 Å². The van der Waals surface area contributed by atoms with Gasteiger partial charge in [0, 0.05) is 26.4 Å². The van der Waals surface area contributed by atoms with Crippen molar-refractivity contribution in [1.82, 2.24) is 15.6 Å². The number of aryl methyl sites for hydroxylation is 1. The fourth-order valence-corrected chi connectivity index (χ4v) is 1.91. The number of fused-ring (bicyclic) bond motifs is 1. The van der Waals surface area contributed by atoms with Crippen LogP contribution < -0.4 is 10.6 Å². The highest BCUT2D eigenvalue weighted by molar-refractivity contribution is 5.76. The summed E-state index contributed by atoms with van der Waals surface area (Å²) < 4.78 is 5.48. The topological polar surface area (TPSA) is 67.2 Å². The average Bonchev–Trinajstić information content (AvgIpc) is 2.75. The number of nitrogens with zero attached hydrogens (tertiary/aromatic N) is 1. The van der Waals surface area contributed by atoms with E-state index in [4.69, 9.17) is 4.42 Å². The Morgan fingerprint density at radius 1 is 1.37 bits per heavy atom. The summed E-state index contributed by atoms with van der Waals surface area (Å²) >= 11 is 0. The van der Waals surface area contributed by atoms with Crippen molar-refractivity contribution >= 4 is 17.0 Å². The van der Waals surface area contributed by atoms with E-state index in [1.165, 1.54) is 0 Å². The Hall–Kier alpha value is -1.88. The van der Waals surface area contributed by atoms with Crippen LogP contribution in [-0.4, -0.2) is 31.0 Å². The van der Waals surface area contributed by atoms with Crippen LogP contribution in [-0.2, 0) is 11.2 Å². The smallest absolute Gasteiger partial charge is 0.221 e. The molecule has 1 aromatic heterocycles. The van der Waals surface area contributed by atoms with E-state index in [1.54, 1.807) is 0 Å². The van der Waals surface area contributed by atoms with Crippen LogP contribution in [0.25, 0.3) is 11.1 Å². The van der Waals surface area contributed by atoms with Crippen molar-refractivity contribution < 1.29 is 9.21 Å². The lowest BCUT2D eigenvalue weighted by Crippen LogP contribution is -2.28. The Labute approximate surface area is 112 Å². The van der Waals surface area contributed by atoms with E-state index in [2.05, 4.69) is 15.6 Å². The number of hydrogen-bond acceptors (Lipinski definition) is 4. The van der Waals surface area contributed by atoms with Crippen molar-refractivity contribution in [1.29, 1.82) is 0 Å². The molecule has 5 nitrogen and oxygen atoms in total. The minimum absolute atomic E-state index is 0.0749. The fourth-order valence-electron chi connectivity index (χ4n) is 1.91. The van der Waals surface area contributed by atoms with Crippen LogP contribution in [0.3, 0.4) is 0 Å². The van der Waals surface area contributed by atoms with E-state index in [-0.39, 0.29) is 5.91 Å². The molecule has 0 radical (unpaired) electrons. The number of oxazole rings is 1. The molecule has 0 atom stereocenters. The molecule has 0 saturated heterocycles. The molecule has 0 unspecified atom stereocenters. The molecule has 2 aromatic rings. The molecule has 0 aliphatic carbocycles. The standard InChI is InChI=1S/C14H19N3O2/c1-10-17-12-4-3-11(9-13(12)19-10)5-8-16-14(18)6-7-15-2/h3-4,9,15H,5-8H2,1-2H3,(H,16,18). The minimum atomic E-state index is 0.0749. The Balaban J connectivity index is 1.86. The van der Waals surface area contributed by atoms with Gasteiger partial charge < -0.3 is 15.1 Å². The van der Waals surface area contributed by atoms with Crippen molar-refractivity contribution in [3.63, 3.8) is 0 Å². The number of carbonyl (C=O) groups excluding carboxylic acids is 1. The molecule has 5 heteroatoms. The Morgan fingerprint density at radius 2 is 2.21 bits per heavy atom. The second kappa shape index (κ2) is 6.33. The minimum Gasteiger partial charge on any atom is -0.441 e. The van der Waals surface area contributed by atoms with Crippen molar-refractivity contribution in [2.24, 2.45) is 0 Å². The van der Waals surface area contributed by atoms with Gasteiger partial charge in [-0.25, -0.2) is 4.98 Å². The summed E-state index contributed by atoms with van der Waals surface area (Å²) in [5, 5.41) is 5.84. The number of nitrogens with one attached hydrogen (secondary N) is 2. The molecule has 2 rings (SSSR count). The van der Waals surface area contributed by atoms with Gasteiger partial charge in [0.25, 0.3) is 0 Å². The summed E-state index contributed by atoms with van der Waals surface area (Å²) in [4.78, 5) is 15.7. The summed E-state index contributed by atoms with van der Waals surface area (Å²) in [6.45, 7) is 3.18. The van der Waals surface area contributed by atoms with Crippen molar-refractivity contribution in [3.05, 3.63) is 29.7 Å². The van der Waals surface area contributed by atoms with Gasteiger partial charge in [0.05, 0.1) is 0 Å². The van der Waals surface area contributed by atoms with Crippen LogP contribution in [0.15, 0.2) is 22.6 Å². The van der Waals surface area contributed by atoms with E-state index in [9.17, 15) is 4.79 Å². The van der Waals surface area contributed by atoms with Crippen molar-refractivity contribution in [3.8, 4) is 0 Å². The predicted molar refractivity (Wildman–Crippen MR) is 74.0 cm³/mol. The van der Waals surface area contributed by atoms with Crippen LogP contribution in [0.2, 0.25) is 0 Å². The van der Waals surface area contributed by atoms with Gasteiger partial charge >= 0.3 is 0 Å². The van der Waals surface area contributed by atoms with Gasteiger partial charge in [-0.2, -0.15) is 0 Å². The normalized spacial score (nSPS) is 10.8. The molecule has 0 aliphatic heterocycles. The molecule has 102 valence electrons. The number of rotatable bonds is 6. The lowest BCUT2D eigenvalue weighted by atomic mass is 10.1. The second-order valence-electron chi connectivity index (χ2n) is 4.49. The first-order valence-corrected chi connectivity index (χ1v) is 6.46. The molecule has 0 bridgehead atoms. The van der Waals surface area contributed by atoms with Gasteiger partial charge in [-0.15, -0.1) is 0 Å². The van der Waals surface area contributed by atoms with E-state index in [0.29, 0.717) is 25.4 Å². The maximum Gasteiger partial charge on any atom is 0.221 e. The fraction of sp³-hybridized carbons (Fsp3) is 0.429. The molecule has 0 saturated carbocycles. The maximum absolute atomic E-state index is 11.4. The molecule has 2 N–H and O–H groups in total. The largest absolute Gasteiger partial charge is 0.441 e. The molecule has 0 aliphatic rings. The highest BCUT2D eigenvalue weighted by Crippen LogP contribution is 2.16. The van der Waals surface area contributed by atoms with Gasteiger partial charge in [-0.05, 0) is 31.2 Å². The van der Waals surface area contributed by atoms with Crippen LogP contribution in [0.4, 0.5) is 0 Å². The molecule has 1 aromatic carbocycles. The summed E-state index contributed by atoms with van der Waals surface area (Å²) in [5.41, 5.74) is 2.81. The summed E-state index contributed by atoms with van der Waals surface area (Å²) in [5.74, 6) is 0.749. The lowest BCUT2D eigenvalue weighted by molar-refractivity contribution is -0.120. The van der Waals surface area contributed by atoms with E-state index >= 15 is 0 Å². The second-order valence-corrected chi connectivity index (χ2v) is 4.49. The molecule has 19 heavy (non-hydrogen) atoms. The SMILES string of the molecule is CNCCC(=O)NCCc1ccc2nc(C)oc2c1. The maximum atomic E-state index is 11.4. The van der Waals surface area contributed by atoms with Crippen molar-refractivity contribution in [2.45, 2.75) is 19.8 Å². The zero-order chi connectivity index (χ0) is 13.7. The van der Waals surface area contributed by atoms with E-state index in [0.717, 1.165) is 23.1 Å². The third-order valence-corrected chi connectivity index (χ3v) is 2.90. The number of amides is 1. The van der Waals surface area contributed by atoms with Gasteiger partial charge in [-0.1, -0.05) is 6.07 Å². The molecular formula is C14H19N3O2. The Morgan fingerprint density at radius 3 is 3.00 bits per heavy atom. The number of carbonyl (C=O) groups is 1. The third kappa shape index (κ3) is 3.79. The van der Waals surface area contributed by atoms with Crippen LogP contribution in [0, 0.1) is 6.92 Å². The van der Waals surface area contributed by atoms with Gasteiger partial charge in [-0.3, -0.25) is 4.79 Å². The number of hydrogen-bond donors (Lipinski definition) is 2. The first-order chi connectivity index (χ1) is 9.19. The zero-order valence-electron chi connectivity index (χ0n) is 11.3. The molecule has 0 fully saturated rings. The molecule has 1 amide bonds. The molecule has 1 heterocycles. The van der Waals surface area contributed by atoms with Crippen molar-refractivity contribution in [2.75, 3.05) is 20.1 Å². The number of benzene rings is 1. The molecule has 0 spiro atoms. The quantitative estimate of drug-likeness (QED) is 0.825. The van der Waals surface area contributed by atoms with Crippen LogP contribution in [0.1, 0.15) is 17.9 Å². The first kappa shape index (κ1) is 13.5. The Kier molecular flexibility index (Phi) is 4.52.